The third-order valence-corrected chi connectivity index (χ3v) is 3.46. The van der Waals surface area contributed by atoms with Gasteiger partial charge in [0.25, 0.3) is 0 Å². The molecular weight excluding hydrogens is 214 g/mol. The molecule has 1 amide bonds. The molecule has 0 aliphatic heterocycles. The number of allylic oxidation sites excluding steroid dienone is 1. The fourth-order valence-corrected chi connectivity index (χ4v) is 2.57. The number of hydrogen-bond donors (Lipinski definition) is 1. The van der Waals surface area contributed by atoms with Crippen LogP contribution in [0.3, 0.4) is 0 Å². The monoisotopic (exact) mass is 239 g/mol. The number of aliphatic hydroxyl groups excluding tert-OH is 1. The number of amides is 1. The van der Waals surface area contributed by atoms with Crippen molar-refractivity contribution in [2.45, 2.75) is 58.4 Å². The normalized spacial score (nSPS) is 18.2. The molecule has 0 heterocycles. The molecule has 0 spiro atoms. The van der Waals surface area contributed by atoms with Crippen molar-refractivity contribution in [1.29, 1.82) is 0 Å². The van der Waals surface area contributed by atoms with E-state index in [1.165, 1.54) is 19.3 Å². The molecular formula is C14H25NO2. The van der Waals surface area contributed by atoms with Gasteiger partial charge in [-0.3, -0.25) is 4.79 Å². The second kappa shape index (κ2) is 7.49. The summed E-state index contributed by atoms with van der Waals surface area (Å²) < 4.78 is 0. The summed E-state index contributed by atoms with van der Waals surface area (Å²) in [5.41, 5.74) is 0.812. The second-order valence-electron chi connectivity index (χ2n) is 4.81. The highest BCUT2D eigenvalue weighted by molar-refractivity contribution is 5.93. The Bertz CT molecular complexity index is 267. The van der Waals surface area contributed by atoms with Gasteiger partial charge in [0, 0.05) is 18.2 Å². The number of aliphatic hydroxyl groups is 1. The zero-order valence-corrected chi connectivity index (χ0v) is 11.1. The highest BCUT2D eigenvalue weighted by Gasteiger charge is 2.25. The molecule has 3 heteroatoms. The molecule has 17 heavy (non-hydrogen) atoms. The van der Waals surface area contributed by atoms with Gasteiger partial charge < -0.3 is 10.0 Å². The standard InChI is InChI=1S/C14H25NO2/c1-3-7-12(2)14(17)15(10-11-16)13-8-5-4-6-9-13/h7,13,16H,3-6,8-11H2,1-2H3. The van der Waals surface area contributed by atoms with Gasteiger partial charge in [-0.25, -0.2) is 0 Å². The van der Waals surface area contributed by atoms with Crippen LogP contribution in [0, 0.1) is 0 Å². The van der Waals surface area contributed by atoms with E-state index < -0.39 is 0 Å². The van der Waals surface area contributed by atoms with Crippen molar-refractivity contribution in [2.24, 2.45) is 0 Å². The molecule has 1 aliphatic rings. The van der Waals surface area contributed by atoms with Crippen LogP contribution in [0.5, 0.6) is 0 Å². The fraction of sp³-hybridized carbons (Fsp3) is 0.786. The SMILES string of the molecule is CCC=C(C)C(=O)N(CCO)C1CCCCC1. The van der Waals surface area contributed by atoms with Gasteiger partial charge in [-0.15, -0.1) is 0 Å². The van der Waals surface area contributed by atoms with E-state index in [1.807, 2.05) is 24.8 Å². The van der Waals surface area contributed by atoms with E-state index in [9.17, 15) is 4.79 Å². The molecule has 1 rings (SSSR count). The third-order valence-electron chi connectivity index (χ3n) is 3.46. The molecule has 1 N–H and O–H groups in total. The number of nitrogens with zero attached hydrogens (tertiary/aromatic N) is 1. The molecule has 1 fully saturated rings. The molecule has 3 nitrogen and oxygen atoms in total. The van der Waals surface area contributed by atoms with Crippen molar-refractivity contribution in [3.63, 3.8) is 0 Å². The lowest BCUT2D eigenvalue weighted by atomic mass is 9.93. The van der Waals surface area contributed by atoms with Crippen LogP contribution in [0.15, 0.2) is 11.6 Å². The molecule has 0 aromatic heterocycles. The first kappa shape index (κ1) is 14.2. The van der Waals surface area contributed by atoms with Crippen LogP contribution in [-0.2, 0) is 4.79 Å². The van der Waals surface area contributed by atoms with Gasteiger partial charge in [0.2, 0.25) is 5.91 Å². The maximum Gasteiger partial charge on any atom is 0.249 e. The molecule has 0 radical (unpaired) electrons. The van der Waals surface area contributed by atoms with Crippen LogP contribution in [-0.4, -0.2) is 35.1 Å². The van der Waals surface area contributed by atoms with Gasteiger partial charge in [0.15, 0.2) is 0 Å². The van der Waals surface area contributed by atoms with E-state index >= 15 is 0 Å². The molecule has 0 atom stereocenters. The second-order valence-corrected chi connectivity index (χ2v) is 4.81. The quantitative estimate of drug-likeness (QED) is 0.749. The highest BCUT2D eigenvalue weighted by Crippen LogP contribution is 2.23. The van der Waals surface area contributed by atoms with Crippen molar-refractivity contribution >= 4 is 5.91 Å². The first-order valence-corrected chi connectivity index (χ1v) is 6.79. The average molecular weight is 239 g/mol. The zero-order valence-electron chi connectivity index (χ0n) is 11.1. The highest BCUT2D eigenvalue weighted by atomic mass is 16.3. The minimum atomic E-state index is 0.0572. The average Bonchev–Trinajstić information content (AvgIpc) is 2.36. The lowest BCUT2D eigenvalue weighted by Crippen LogP contribution is -2.43. The Kier molecular flexibility index (Phi) is 6.27. The van der Waals surface area contributed by atoms with Gasteiger partial charge in [0.1, 0.15) is 0 Å². The first-order valence-electron chi connectivity index (χ1n) is 6.79. The van der Waals surface area contributed by atoms with Gasteiger partial charge >= 0.3 is 0 Å². The van der Waals surface area contributed by atoms with Crippen LogP contribution >= 0.6 is 0 Å². The Morgan fingerprint density at radius 2 is 2.00 bits per heavy atom. The fourth-order valence-electron chi connectivity index (χ4n) is 2.57. The number of rotatable bonds is 5. The van der Waals surface area contributed by atoms with Crippen molar-refractivity contribution < 1.29 is 9.90 Å². The van der Waals surface area contributed by atoms with Crippen LogP contribution in [0.1, 0.15) is 52.4 Å². The molecule has 0 aromatic rings. The van der Waals surface area contributed by atoms with Gasteiger partial charge in [-0.05, 0) is 26.2 Å². The van der Waals surface area contributed by atoms with Crippen molar-refractivity contribution in [1.82, 2.24) is 4.90 Å². The summed E-state index contributed by atoms with van der Waals surface area (Å²) in [4.78, 5) is 14.1. The summed E-state index contributed by atoms with van der Waals surface area (Å²) in [6, 6.07) is 0.337. The summed E-state index contributed by atoms with van der Waals surface area (Å²) >= 11 is 0. The van der Waals surface area contributed by atoms with E-state index in [1.54, 1.807) is 0 Å². The predicted octanol–water partition coefficient (Wildman–Crippen LogP) is 2.50. The molecule has 0 unspecified atom stereocenters. The zero-order chi connectivity index (χ0) is 12.7. The van der Waals surface area contributed by atoms with E-state index in [0.717, 1.165) is 24.8 Å². The topological polar surface area (TPSA) is 40.5 Å². The van der Waals surface area contributed by atoms with E-state index in [-0.39, 0.29) is 12.5 Å². The summed E-state index contributed by atoms with van der Waals surface area (Å²) in [6.45, 7) is 4.44. The number of hydrogen-bond acceptors (Lipinski definition) is 2. The van der Waals surface area contributed by atoms with E-state index in [4.69, 9.17) is 5.11 Å². The molecule has 98 valence electrons. The minimum absolute atomic E-state index is 0.0572. The molecule has 0 saturated heterocycles. The summed E-state index contributed by atoms with van der Waals surface area (Å²) in [5, 5.41) is 9.11. The third kappa shape index (κ3) is 4.15. The van der Waals surface area contributed by atoms with Crippen LogP contribution in [0.25, 0.3) is 0 Å². The lowest BCUT2D eigenvalue weighted by Gasteiger charge is -2.34. The van der Waals surface area contributed by atoms with Crippen molar-refractivity contribution in [3.8, 4) is 0 Å². The summed E-state index contributed by atoms with van der Waals surface area (Å²) in [7, 11) is 0. The van der Waals surface area contributed by atoms with Crippen LogP contribution in [0.4, 0.5) is 0 Å². The Hall–Kier alpha value is -0.830. The van der Waals surface area contributed by atoms with E-state index in [0.29, 0.717) is 12.6 Å². The van der Waals surface area contributed by atoms with E-state index in [2.05, 4.69) is 0 Å². The number of carbonyl (C=O) groups is 1. The van der Waals surface area contributed by atoms with Crippen molar-refractivity contribution in [2.75, 3.05) is 13.2 Å². The minimum Gasteiger partial charge on any atom is -0.395 e. The molecule has 0 aromatic carbocycles. The maximum atomic E-state index is 12.3. The van der Waals surface area contributed by atoms with Crippen molar-refractivity contribution in [3.05, 3.63) is 11.6 Å². The number of carbonyl (C=O) groups excluding carboxylic acids is 1. The smallest absolute Gasteiger partial charge is 0.249 e. The Morgan fingerprint density at radius 3 is 2.53 bits per heavy atom. The molecule has 1 saturated carbocycles. The lowest BCUT2D eigenvalue weighted by molar-refractivity contribution is -0.130. The van der Waals surface area contributed by atoms with Gasteiger partial charge in [-0.1, -0.05) is 32.3 Å². The molecule has 1 aliphatic carbocycles. The van der Waals surface area contributed by atoms with Crippen LogP contribution in [0.2, 0.25) is 0 Å². The molecule has 0 bridgehead atoms. The summed E-state index contributed by atoms with van der Waals surface area (Å²) in [6.07, 6.45) is 8.72. The maximum absolute atomic E-state index is 12.3. The summed E-state index contributed by atoms with van der Waals surface area (Å²) in [5.74, 6) is 0.104. The first-order chi connectivity index (χ1) is 8.20. The Balaban J connectivity index is 2.69. The Labute approximate surface area is 105 Å². The largest absolute Gasteiger partial charge is 0.395 e. The predicted molar refractivity (Wildman–Crippen MR) is 69.7 cm³/mol. The van der Waals surface area contributed by atoms with Gasteiger partial charge in [0.05, 0.1) is 6.61 Å². The Morgan fingerprint density at radius 1 is 1.35 bits per heavy atom. The van der Waals surface area contributed by atoms with Crippen LogP contribution < -0.4 is 0 Å². The van der Waals surface area contributed by atoms with Gasteiger partial charge in [-0.2, -0.15) is 0 Å².